The van der Waals surface area contributed by atoms with Crippen LogP contribution in [-0.2, 0) is 16.2 Å². The first-order valence-corrected chi connectivity index (χ1v) is 10.7. The first-order valence-electron chi connectivity index (χ1n) is 9.40. The zero-order valence-corrected chi connectivity index (χ0v) is 16.7. The molecule has 0 radical (unpaired) electrons. The van der Waals surface area contributed by atoms with Crippen LogP contribution in [0, 0.1) is 10.7 Å². The fourth-order valence-electron chi connectivity index (χ4n) is 3.65. The van der Waals surface area contributed by atoms with E-state index in [1.54, 1.807) is 11.3 Å². The largest absolute Gasteiger partial charge is 0.466 e. The second-order valence-electron chi connectivity index (χ2n) is 7.12. The summed E-state index contributed by atoms with van der Waals surface area (Å²) >= 11 is 7.46. The number of aromatic nitrogens is 3. The number of piperidine rings is 1. The van der Waals surface area contributed by atoms with Gasteiger partial charge in [-0.3, -0.25) is 9.36 Å². The highest BCUT2D eigenvalue weighted by atomic mass is 32.1. The Balaban J connectivity index is 1.47. The summed E-state index contributed by atoms with van der Waals surface area (Å²) in [6.45, 7) is 5.00. The second kappa shape index (κ2) is 7.62. The number of ether oxygens (including phenoxy) is 1. The number of thiophene rings is 1. The molecule has 0 amide bonds. The predicted octanol–water partition coefficient (Wildman–Crippen LogP) is 2.29. The summed E-state index contributed by atoms with van der Waals surface area (Å²) in [5, 5.41) is 6.95. The van der Waals surface area contributed by atoms with E-state index in [2.05, 4.69) is 22.1 Å². The highest BCUT2D eigenvalue weighted by Crippen LogP contribution is 2.39. The number of esters is 1. The van der Waals surface area contributed by atoms with E-state index in [9.17, 15) is 4.79 Å². The number of quaternary nitrogens is 1. The van der Waals surface area contributed by atoms with Crippen LogP contribution < -0.4 is 4.90 Å². The summed E-state index contributed by atoms with van der Waals surface area (Å²) in [6, 6.07) is 4.69. The second-order valence-corrected chi connectivity index (χ2v) is 8.43. The Bertz CT molecular complexity index is 815. The molecule has 1 aliphatic carbocycles. The standard InChI is InChI=1S/C18H24N4O2S2/c1-2-24-17(23)13-7-9-20(10-8-13)12-21-18(25)22(14-5-6-14)16(19-21)15-4-3-11-26-15/h3-4,11,13-14H,2,5-10,12H2,1H3/p+1. The molecule has 4 rings (SSSR count). The minimum Gasteiger partial charge on any atom is -0.466 e. The fourth-order valence-corrected chi connectivity index (χ4v) is 4.70. The van der Waals surface area contributed by atoms with Gasteiger partial charge in [0, 0.05) is 18.9 Å². The number of hydrogen-bond acceptors (Lipinski definition) is 5. The maximum absolute atomic E-state index is 11.9. The molecule has 0 atom stereocenters. The molecule has 0 bridgehead atoms. The molecule has 0 unspecified atom stereocenters. The SMILES string of the molecule is CCOC(=O)C1CC[NH+](Cn2nc(-c3cccs3)n(C3CC3)c2=S)CC1. The van der Waals surface area contributed by atoms with Gasteiger partial charge in [-0.2, -0.15) is 4.68 Å². The summed E-state index contributed by atoms with van der Waals surface area (Å²) in [4.78, 5) is 14.5. The zero-order chi connectivity index (χ0) is 18.1. The molecular formula is C18H25N4O2S2+. The van der Waals surface area contributed by atoms with Crippen LogP contribution >= 0.6 is 23.6 Å². The van der Waals surface area contributed by atoms with E-state index < -0.39 is 0 Å². The van der Waals surface area contributed by atoms with Crippen molar-refractivity contribution in [1.29, 1.82) is 0 Å². The Labute approximate surface area is 162 Å². The monoisotopic (exact) mass is 393 g/mol. The average Bonchev–Trinajstić information content (AvgIpc) is 3.22. The van der Waals surface area contributed by atoms with Crippen LogP contribution in [0.5, 0.6) is 0 Å². The van der Waals surface area contributed by atoms with E-state index in [1.807, 2.05) is 11.6 Å². The number of hydrogen-bond donors (Lipinski definition) is 1. The third-order valence-electron chi connectivity index (χ3n) is 5.21. The lowest BCUT2D eigenvalue weighted by Crippen LogP contribution is -3.12. The highest BCUT2D eigenvalue weighted by molar-refractivity contribution is 7.71. The van der Waals surface area contributed by atoms with Crippen LogP contribution in [0.2, 0.25) is 0 Å². The molecule has 2 aliphatic rings. The van der Waals surface area contributed by atoms with Crippen LogP contribution in [0.15, 0.2) is 17.5 Å². The molecule has 1 aliphatic heterocycles. The molecule has 2 fully saturated rings. The highest BCUT2D eigenvalue weighted by Gasteiger charge is 2.32. The van der Waals surface area contributed by atoms with Gasteiger partial charge in [-0.1, -0.05) is 6.07 Å². The number of rotatable bonds is 6. The van der Waals surface area contributed by atoms with Gasteiger partial charge in [-0.25, -0.2) is 0 Å². The van der Waals surface area contributed by atoms with E-state index >= 15 is 0 Å². The maximum atomic E-state index is 11.9. The van der Waals surface area contributed by atoms with Gasteiger partial charge < -0.3 is 9.64 Å². The molecule has 2 aromatic heterocycles. The van der Waals surface area contributed by atoms with Crippen molar-refractivity contribution in [1.82, 2.24) is 14.3 Å². The summed E-state index contributed by atoms with van der Waals surface area (Å²) in [6.07, 6.45) is 4.14. The molecule has 1 saturated heterocycles. The van der Waals surface area contributed by atoms with Gasteiger partial charge >= 0.3 is 5.97 Å². The quantitative estimate of drug-likeness (QED) is 0.604. The van der Waals surface area contributed by atoms with Crippen molar-refractivity contribution in [2.24, 2.45) is 5.92 Å². The summed E-state index contributed by atoms with van der Waals surface area (Å²) in [5.74, 6) is 1.02. The smallest absolute Gasteiger partial charge is 0.309 e. The van der Waals surface area contributed by atoms with Gasteiger partial charge in [0.15, 0.2) is 12.5 Å². The minimum absolute atomic E-state index is 0.0406. The number of nitrogens with zero attached hydrogens (tertiary/aromatic N) is 3. The Morgan fingerprint density at radius 1 is 1.38 bits per heavy atom. The zero-order valence-electron chi connectivity index (χ0n) is 15.0. The molecule has 0 aromatic carbocycles. The Hall–Kier alpha value is -1.51. The molecule has 140 valence electrons. The fraction of sp³-hybridized carbons (Fsp3) is 0.611. The molecule has 1 saturated carbocycles. The third-order valence-corrected chi connectivity index (χ3v) is 6.48. The molecule has 26 heavy (non-hydrogen) atoms. The van der Waals surface area contributed by atoms with Gasteiger partial charge in [0.25, 0.3) is 0 Å². The first kappa shape index (κ1) is 17.9. The number of carbonyl (C=O) groups excluding carboxylic acids is 1. The average molecular weight is 394 g/mol. The molecular weight excluding hydrogens is 368 g/mol. The van der Waals surface area contributed by atoms with Gasteiger partial charge in [-0.15, -0.1) is 16.4 Å². The van der Waals surface area contributed by atoms with Crippen molar-refractivity contribution in [2.75, 3.05) is 19.7 Å². The summed E-state index contributed by atoms with van der Waals surface area (Å²) in [5.41, 5.74) is 0. The van der Waals surface area contributed by atoms with E-state index in [4.69, 9.17) is 22.1 Å². The third kappa shape index (κ3) is 3.63. The summed E-state index contributed by atoms with van der Waals surface area (Å²) in [7, 11) is 0. The normalized spacial score (nSPS) is 23.1. The number of likely N-dealkylation sites (tertiary alicyclic amines) is 1. The van der Waals surface area contributed by atoms with E-state index in [1.165, 1.54) is 22.6 Å². The minimum atomic E-state index is -0.0406. The van der Waals surface area contributed by atoms with Crippen LogP contribution in [0.4, 0.5) is 0 Å². The van der Waals surface area contributed by atoms with E-state index in [0.29, 0.717) is 12.6 Å². The van der Waals surface area contributed by atoms with E-state index in [0.717, 1.165) is 43.2 Å². The number of carbonyl (C=O) groups is 1. The van der Waals surface area contributed by atoms with Crippen molar-refractivity contribution in [3.8, 4) is 10.7 Å². The molecule has 3 heterocycles. The lowest BCUT2D eigenvalue weighted by molar-refractivity contribution is -0.929. The first-order chi connectivity index (χ1) is 12.7. The van der Waals surface area contributed by atoms with Crippen molar-refractivity contribution in [3.05, 3.63) is 22.3 Å². The van der Waals surface area contributed by atoms with Crippen LogP contribution in [0.1, 0.15) is 38.6 Å². The van der Waals surface area contributed by atoms with Crippen molar-refractivity contribution >= 4 is 29.5 Å². The Morgan fingerprint density at radius 3 is 2.77 bits per heavy atom. The molecule has 6 nitrogen and oxygen atoms in total. The lowest BCUT2D eigenvalue weighted by atomic mass is 9.97. The van der Waals surface area contributed by atoms with Gasteiger partial charge in [-0.05, 0) is 43.4 Å². The van der Waals surface area contributed by atoms with Crippen LogP contribution in [0.3, 0.4) is 0 Å². The number of nitrogens with one attached hydrogen (secondary N) is 1. The maximum Gasteiger partial charge on any atom is 0.309 e. The Kier molecular flexibility index (Phi) is 5.24. The van der Waals surface area contributed by atoms with E-state index in [-0.39, 0.29) is 11.9 Å². The van der Waals surface area contributed by atoms with Gasteiger partial charge in [0.2, 0.25) is 4.77 Å². The van der Waals surface area contributed by atoms with Gasteiger partial charge in [0.1, 0.15) is 0 Å². The molecule has 8 heteroatoms. The van der Waals surface area contributed by atoms with Gasteiger partial charge in [0.05, 0.1) is 30.5 Å². The molecule has 1 N–H and O–H groups in total. The van der Waals surface area contributed by atoms with Crippen molar-refractivity contribution in [2.45, 2.75) is 45.3 Å². The molecule has 2 aromatic rings. The predicted molar refractivity (Wildman–Crippen MR) is 103 cm³/mol. The van der Waals surface area contributed by atoms with Crippen LogP contribution in [0.25, 0.3) is 10.7 Å². The molecule has 0 spiro atoms. The van der Waals surface area contributed by atoms with Crippen molar-refractivity contribution < 1.29 is 14.4 Å². The van der Waals surface area contributed by atoms with Crippen molar-refractivity contribution in [3.63, 3.8) is 0 Å². The topological polar surface area (TPSA) is 53.5 Å². The Morgan fingerprint density at radius 2 is 2.15 bits per heavy atom. The summed E-state index contributed by atoms with van der Waals surface area (Å²) < 4.78 is 10.2. The van der Waals surface area contributed by atoms with Crippen LogP contribution in [-0.4, -0.2) is 40.0 Å². The lowest BCUT2D eigenvalue weighted by Gasteiger charge is -2.27.